The van der Waals surface area contributed by atoms with Crippen molar-refractivity contribution in [2.24, 2.45) is 5.92 Å². The highest BCUT2D eigenvalue weighted by atomic mass is 19.4. The number of nitrogens with zero attached hydrogens (tertiary/aromatic N) is 2. The highest BCUT2D eigenvalue weighted by Crippen LogP contribution is 2.44. The number of benzene rings is 2. The number of ether oxygens (including phenoxy) is 2. The van der Waals surface area contributed by atoms with E-state index in [1.54, 1.807) is 31.4 Å². The van der Waals surface area contributed by atoms with Crippen LogP contribution in [-0.4, -0.2) is 34.5 Å². The molecule has 0 unspecified atom stereocenters. The second-order valence-corrected chi connectivity index (χ2v) is 10.3. The first-order valence-corrected chi connectivity index (χ1v) is 13.3. The number of aliphatic carboxylic acids is 1. The van der Waals surface area contributed by atoms with E-state index in [0.29, 0.717) is 48.3 Å². The van der Waals surface area contributed by atoms with Gasteiger partial charge in [0, 0.05) is 11.1 Å². The lowest BCUT2D eigenvalue weighted by molar-refractivity contribution is -0.157. The number of carbonyl (C=O) groups is 1. The van der Waals surface area contributed by atoms with Gasteiger partial charge in [0.1, 0.15) is 0 Å². The van der Waals surface area contributed by atoms with E-state index in [9.17, 15) is 23.1 Å². The topological polar surface area (TPSA) is 94.7 Å². The van der Waals surface area contributed by atoms with Crippen LogP contribution < -0.4 is 9.47 Å². The van der Waals surface area contributed by atoms with Gasteiger partial charge in [0.25, 0.3) is 0 Å². The molecule has 40 heavy (non-hydrogen) atoms. The molecule has 0 amide bonds. The Labute approximate surface area is 229 Å². The second kappa shape index (κ2) is 11.2. The molecule has 2 aliphatic carbocycles. The van der Waals surface area contributed by atoms with Crippen molar-refractivity contribution in [3.8, 4) is 34.8 Å². The Kier molecular flexibility index (Phi) is 7.74. The van der Waals surface area contributed by atoms with Crippen LogP contribution in [0.1, 0.15) is 68.4 Å². The van der Waals surface area contributed by atoms with Crippen LogP contribution in [0.25, 0.3) is 11.5 Å². The summed E-state index contributed by atoms with van der Waals surface area (Å²) in [6.45, 7) is 0. The minimum Gasteiger partial charge on any atom is -0.493 e. The maximum Gasteiger partial charge on any atom is 0.470 e. The molecule has 2 saturated carbocycles. The summed E-state index contributed by atoms with van der Waals surface area (Å²) in [6, 6.07) is 12.3. The van der Waals surface area contributed by atoms with E-state index in [4.69, 9.17) is 13.9 Å². The van der Waals surface area contributed by atoms with Gasteiger partial charge in [-0.1, -0.05) is 24.0 Å². The second-order valence-electron chi connectivity index (χ2n) is 10.3. The molecule has 2 aliphatic rings. The van der Waals surface area contributed by atoms with E-state index < -0.39 is 29.4 Å². The van der Waals surface area contributed by atoms with E-state index in [-0.39, 0.29) is 12.0 Å². The number of hydrogen-bond acceptors (Lipinski definition) is 6. The molecular formula is C30H29F3N2O5. The van der Waals surface area contributed by atoms with Crippen LogP contribution >= 0.6 is 0 Å². The van der Waals surface area contributed by atoms with Crippen LogP contribution in [0.15, 0.2) is 46.9 Å². The summed E-state index contributed by atoms with van der Waals surface area (Å²) in [7, 11) is 1.60. The lowest BCUT2D eigenvalue weighted by Gasteiger charge is -2.36. The molecule has 0 saturated heterocycles. The Bertz CT molecular complexity index is 1420. The van der Waals surface area contributed by atoms with Crippen molar-refractivity contribution in [1.29, 1.82) is 0 Å². The average molecular weight is 555 g/mol. The van der Waals surface area contributed by atoms with Gasteiger partial charge in [0.15, 0.2) is 11.5 Å². The van der Waals surface area contributed by atoms with Gasteiger partial charge >= 0.3 is 18.0 Å². The molecule has 0 aliphatic heterocycles. The third kappa shape index (κ3) is 5.93. The SMILES string of the molecule is COc1ccc([C@]2(C#Cc3cccc(-c4nnc(C(F)(F)F)o4)c3)CC[C@@H](C(=O)O)CC2)cc1OC1CCCC1. The fourth-order valence-corrected chi connectivity index (χ4v) is 5.47. The zero-order valence-corrected chi connectivity index (χ0v) is 22.0. The summed E-state index contributed by atoms with van der Waals surface area (Å²) >= 11 is 0. The fourth-order valence-electron chi connectivity index (χ4n) is 5.47. The molecular weight excluding hydrogens is 525 g/mol. The number of rotatable bonds is 6. The maximum absolute atomic E-state index is 12.9. The van der Waals surface area contributed by atoms with Gasteiger partial charge < -0.3 is 19.0 Å². The summed E-state index contributed by atoms with van der Waals surface area (Å²) in [4.78, 5) is 11.7. The molecule has 2 fully saturated rings. The molecule has 0 spiro atoms. The summed E-state index contributed by atoms with van der Waals surface area (Å²) in [5.74, 6) is 4.95. The Morgan fingerprint density at radius 1 is 1.05 bits per heavy atom. The normalized spacial score (nSPS) is 21.4. The van der Waals surface area contributed by atoms with Gasteiger partial charge in [-0.15, -0.1) is 10.2 Å². The largest absolute Gasteiger partial charge is 0.493 e. The van der Waals surface area contributed by atoms with Gasteiger partial charge in [0.2, 0.25) is 5.89 Å². The van der Waals surface area contributed by atoms with Crippen molar-refractivity contribution in [2.75, 3.05) is 7.11 Å². The van der Waals surface area contributed by atoms with Crippen molar-refractivity contribution >= 4 is 5.97 Å². The average Bonchev–Trinajstić information content (AvgIpc) is 3.65. The van der Waals surface area contributed by atoms with Crippen LogP contribution in [0, 0.1) is 17.8 Å². The fraction of sp³-hybridized carbons (Fsp3) is 0.433. The van der Waals surface area contributed by atoms with Crippen LogP contribution in [0.3, 0.4) is 0 Å². The smallest absolute Gasteiger partial charge is 0.470 e. The van der Waals surface area contributed by atoms with Crippen LogP contribution in [0.5, 0.6) is 11.5 Å². The molecule has 7 nitrogen and oxygen atoms in total. The van der Waals surface area contributed by atoms with Gasteiger partial charge in [-0.05, 0) is 87.3 Å². The third-order valence-electron chi connectivity index (χ3n) is 7.72. The summed E-state index contributed by atoms with van der Waals surface area (Å²) in [5.41, 5.74) is 1.14. The molecule has 2 aromatic carbocycles. The predicted octanol–water partition coefficient (Wildman–Crippen LogP) is 6.65. The highest BCUT2D eigenvalue weighted by Gasteiger charge is 2.39. The van der Waals surface area contributed by atoms with E-state index in [2.05, 4.69) is 22.0 Å². The van der Waals surface area contributed by atoms with Crippen LogP contribution in [0.2, 0.25) is 0 Å². The Hall–Kier alpha value is -4.00. The molecule has 0 bridgehead atoms. The number of carboxylic acids is 1. The maximum atomic E-state index is 12.9. The Balaban J connectivity index is 1.49. The van der Waals surface area contributed by atoms with Gasteiger partial charge in [-0.2, -0.15) is 13.2 Å². The Morgan fingerprint density at radius 3 is 2.45 bits per heavy atom. The van der Waals surface area contributed by atoms with Crippen LogP contribution in [-0.2, 0) is 16.4 Å². The first-order chi connectivity index (χ1) is 19.2. The minimum atomic E-state index is -4.73. The standard InChI is InChI=1S/C30H29F3N2O5/c1-38-24-10-9-22(18-25(24)39-23-7-2-3-8-23)29(15-12-20(13-16-29)27(36)37)14-11-19-5-4-6-21(17-19)26-34-35-28(40-26)30(31,32)33/h4-6,9-10,17-18,20,23H,2-3,7-8,12-13,15-16H2,1H3,(H,36,37)/t20-,29-. The van der Waals surface area contributed by atoms with E-state index in [1.807, 2.05) is 18.2 Å². The van der Waals surface area contributed by atoms with Crippen molar-refractivity contribution in [3.05, 3.63) is 59.5 Å². The first kappa shape index (κ1) is 27.6. The lowest BCUT2D eigenvalue weighted by atomic mass is 9.67. The van der Waals surface area contributed by atoms with E-state index in [1.165, 1.54) is 0 Å². The lowest BCUT2D eigenvalue weighted by Crippen LogP contribution is -2.33. The van der Waals surface area contributed by atoms with Crippen molar-refractivity contribution < 1.29 is 37.0 Å². The van der Waals surface area contributed by atoms with Gasteiger partial charge in [-0.25, -0.2) is 0 Å². The van der Waals surface area contributed by atoms with E-state index in [0.717, 1.165) is 31.2 Å². The quantitative estimate of drug-likeness (QED) is 0.341. The van der Waals surface area contributed by atoms with Gasteiger partial charge in [-0.3, -0.25) is 4.79 Å². The molecule has 0 radical (unpaired) electrons. The van der Waals surface area contributed by atoms with E-state index >= 15 is 0 Å². The summed E-state index contributed by atoms with van der Waals surface area (Å²) < 4.78 is 55.5. The summed E-state index contributed by atoms with van der Waals surface area (Å²) in [6.07, 6.45) is 1.61. The third-order valence-corrected chi connectivity index (χ3v) is 7.72. The number of hydrogen-bond donors (Lipinski definition) is 1. The van der Waals surface area contributed by atoms with Crippen LogP contribution in [0.4, 0.5) is 13.2 Å². The number of carboxylic acid groups (broad SMARTS) is 1. The number of aromatic nitrogens is 2. The first-order valence-electron chi connectivity index (χ1n) is 13.3. The van der Waals surface area contributed by atoms with Gasteiger partial charge in [0.05, 0.1) is 24.5 Å². The zero-order chi connectivity index (χ0) is 28.3. The molecule has 5 rings (SSSR count). The molecule has 3 aromatic rings. The highest BCUT2D eigenvalue weighted by molar-refractivity contribution is 5.70. The van der Waals surface area contributed by atoms with Crippen molar-refractivity contribution in [1.82, 2.24) is 10.2 Å². The number of alkyl halides is 3. The minimum absolute atomic E-state index is 0.124. The number of halogens is 3. The van der Waals surface area contributed by atoms with Crippen molar-refractivity contribution in [3.63, 3.8) is 0 Å². The zero-order valence-electron chi connectivity index (χ0n) is 22.0. The molecule has 210 valence electrons. The monoisotopic (exact) mass is 554 g/mol. The number of methoxy groups -OCH3 is 1. The molecule has 1 heterocycles. The Morgan fingerprint density at radius 2 is 1.80 bits per heavy atom. The molecule has 1 N–H and O–H groups in total. The van der Waals surface area contributed by atoms with Crippen molar-refractivity contribution in [2.45, 2.75) is 69.1 Å². The molecule has 10 heteroatoms. The predicted molar refractivity (Wildman–Crippen MR) is 139 cm³/mol. The molecule has 0 atom stereocenters. The molecule has 1 aromatic heterocycles. The summed E-state index contributed by atoms with van der Waals surface area (Å²) in [5, 5.41) is 16.2.